The van der Waals surface area contributed by atoms with Gasteiger partial charge < -0.3 is 10.2 Å². The van der Waals surface area contributed by atoms with E-state index in [9.17, 15) is 0 Å². The zero-order valence-corrected chi connectivity index (χ0v) is 13.9. The maximum atomic E-state index is 4.87. The lowest BCUT2D eigenvalue weighted by Gasteiger charge is -2.18. The number of aromatic nitrogens is 1. The number of thiazole rings is 1. The molecular weight excluding hydrogens is 278 g/mol. The summed E-state index contributed by atoms with van der Waals surface area (Å²) >= 11 is 1.90. The summed E-state index contributed by atoms with van der Waals surface area (Å²) in [5, 5.41) is 4.85. The van der Waals surface area contributed by atoms with E-state index in [2.05, 4.69) is 42.5 Å². The Morgan fingerprint density at radius 1 is 1.24 bits per heavy atom. The minimum absolute atomic E-state index is 0.710. The molecule has 4 heteroatoms. The Bertz CT molecular complexity index is 585. The smallest absolute Gasteiger partial charge is 0.0969 e. The van der Waals surface area contributed by atoms with Crippen LogP contribution in [0.3, 0.4) is 0 Å². The zero-order chi connectivity index (χ0) is 14.7. The van der Waals surface area contributed by atoms with Crippen LogP contribution in [0, 0.1) is 0 Å². The molecule has 1 aliphatic rings. The van der Waals surface area contributed by atoms with Crippen molar-refractivity contribution in [2.24, 2.45) is 0 Å². The number of fused-ring (bicyclic) bond motifs is 1. The van der Waals surface area contributed by atoms with Gasteiger partial charge in [-0.25, -0.2) is 4.98 Å². The van der Waals surface area contributed by atoms with Crippen LogP contribution in [0.1, 0.15) is 43.0 Å². The first-order valence-electron chi connectivity index (χ1n) is 8.01. The Hall–Kier alpha value is -1.13. The summed E-state index contributed by atoms with van der Waals surface area (Å²) in [6.45, 7) is 2.03. The van der Waals surface area contributed by atoms with Gasteiger partial charge in [-0.3, -0.25) is 0 Å². The summed E-state index contributed by atoms with van der Waals surface area (Å²) in [4.78, 5) is 7.06. The second kappa shape index (κ2) is 6.75. The van der Waals surface area contributed by atoms with E-state index >= 15 is 0 Å². The molecule has 0 saturated heterocycles. The maximum absolute atomic E-state index is 4.87. The van der Waals surface area contributed by atoms with Crippen LogP contribution in [0.2, 0.25) is 0 Å². The molecule has 0 unspecified atom stereocenters. The van der Waals surface area contributed by atoms with Crippen molar-refractivity contribution >= 4 is 27.2 Å². The van der Waals surface area contributed by atoms with Crippen molar-refractivity contribution < 1.29 is 0 Å². The third-order valence-electron chi connectivity index (χ3n) is 4.25. The minimum atomic E-state index is 0.710. The van der Waals surface area contributed by atoms with E-state index in [-0.39, 0.29) is 0 Å². The number of hydrogen-bond acceptors (Lipinski definition) is 4. The third-order valence-corrected chi connectivity index (χ3v) is 5.43. The molecule has 1 aromatic carbocycles. The van der Waals surface area contributed by atoms with Crippen molar-refractivity contribution in [3.8, 4) is 0 Å². The highest BCUT2D eigenvalue weighted by Gasteiger charge is 2.19. The van der Waals surface area contributed by atoms with Crippen LogP contribution in [0.4, 0.5) is 5.69 Å². The molecule has 1 aliphatic carbocycles. The van der Waals surface area contributed by atoms with E-state index in [1.54, 1.807) is 0 Å². The van der Waals surface area contributed by atoms with Crippen LogP contribution in [-0.4, -0.2) is 37.1 Å². The molecule has 0 atom stereocenters. The highest BCUT2D eigenvalue weighted by molar-refractivity contribution is 7.18. The summed E-state index contributed by atoms with van der Waals surface area (Å²) in [6, 6.07) is 6.58. The number of anilines is 1. The second-order valence-electron chi connectivity index (χ2n) is 6.30. The summed E-state index contributed by atoms with van der Waals surface area (Å²) in [7, 11) is 4.20. The fourth-order valence-electron chi connectivity index (χ4n) is 3.00. The van der Waals surface area contributed by atoms with E-state index in [0.717, 1.165) is 13.1 Å². The fraction of sp³-hybridized carbons (Fsp3) is 0.588. The van der Waals surface area contributed by atoms with E-state index in [1.807, 2.05) is 11.3 Å². The van der Waals surface area contributed by atoms with Gasteiger partial charge in [0.1, 0.15) is 0 Å². The van der Waals surface area contributed by atoms with E-state index in [4.69, 9.17) is 4.98 Å². The van der Waals surface area contributed by atoms with Crippen LogP contribution < -0.4 is 5.32 Å². The van der Waals surface area contributed by atoms with Crippen LogP contribution in [0.5, 0.6) is 0 Å². The lowest BCUT2D eigenvalue weighted by Crippen LogP contribution is -2.20. The van der Waals surface area contributed by atoms with Gasteiger partial charge in [0.25, 0.3) is 0 Å². The first-order valence-corrected chi connectivity index (χ1v) is 8.83. The van der Waals surface area contributed by atoms with Crippen LogP contribution in [-0.2, 0) is 0 Å². The number of nitrogens with zero attached hydrogens (tertiary/aromatic N) is 2. The molecule has 0 amide bonds. The monoisotopic (exact) mass is 303 g/mol. The predicted molar refractivity (Wildman–Crippen MR) is 92.5 cm³/mol. The Morgan fingerprint density at radius 3 is 2.81 bits per heavy atom. The van der Waals surface area contributed by atoms with Crippen molar-refractivity contribution in [1.82, 2.24) is 9.88 Å². The Morgan fingerprint density at radius 2 is 2.05 bits per heavy atom. The molecule has 0 bridgehead atoms. The molecular formula is C17H25N3S. The lowest BCUT2D eigenvalue weighted by atomic mass is 9.90. The normalized spacial score (nSPS) is 16.7. The third kappa shape index (κ3) is 3.74. The average Bonchev–Trinajstić information content (AvgIpc) is 2.91. The summed E-state index contributed by atoms with van der Waals surface area (Å²) in [6.07, 6.45) is 6.80. The topological polar surface area (TPSA) is 28.2 Å². The van der Waals surface area contributed by atoms with E-state index < -0.39 is 0 Å². The maximum Gasteiger partial charge on any atom is 0.0969 e. The first kappa shape index (κ1) is 14.8. The van der Waals surface area contributed by atoms with Crippen molar-refractivity contribution in [2.45, 2.75) is 38.0 Å². The molecule has 0 spiro atoms. The summed E-state index contributed by atoms with van der Waals surface area (Å²) in [5.74, 6) is 0.710. The molecule has 114 valence electrons. The molecule has 0 aliphatic heterocycles. The Balaban J connectivity index is 1.72. The molecule has 3 rings (SSSR count). The molecule has 3 nitrogen and oxygen atoms in total. The molecule has 1 N–H and O–H groups in total. The molecule has 1 heterocycles. The standard InChI is InChI=1S/C17H25N3S/c1-20(2)11-10-18-14-8-9-15-16(12-14)21-17(19-15)13-6-4-3-5-7-13/h8-9,12-13,18H,3-7,10-11H2,1-2H3. The zero-order valence-electron chi connectivity index (χ0n) is 13.1. The van der Waals surface area contributed by atoms with Crippen LogP contribution >= 0.6 is 11.3 Å². The second-order valence-corrected chi connectivity index (χ2v) is 7.36. The highest BCUT2D eigenvalue weighted by atomic mass is 32.1. The van der Waals surface area contributed by atoms with Gasteiger partial charge in [0.15, 0.2) is 0 Å². The van der Waals surface area contributed by atoms with E-state index in [0.29, 0.717) is 5.92 Å². The predicted octanol–water partition coefficient (Wildman–Crippen LogP) is 4.32. The average molecular weight is 303 g/mol. The fourth-order valence-corrected chi connectivity index (χ4v) is 4.18. The lowest BCUT2D eigenvalue weighted by molar-refractivity contribution is 0.425. The summed E-state index contributed by atoms with van der Waals surface area (Å²) < 4.78 is 1.32. The Kier molecular flexibility index (Phi) is 4.76. The van der Waals surface area contributed by atoms with Gasteiger partial charge in [-0.05, 0) is 45.1 Å². The number of hydrogen-bond donors (Lipinski definition) is 1. The molecule has 21 heavy (non-hydrogen) atoms. The van der Waals surface area contributed by atoms with Gasteiger partial charge in [-0.15, -0.1) is 11.3 Å². The van der Waals surface area contributed by atoms with Crippen molar-refractivity contribution in [3.05, 3.63) is 23.2 Å². The van der Waals surface area contributed by atoms with Crippen LogP contribution in [0.25, 0.3) is 10.2 Å². The van der Waals surface area contributed by atoms with Gasteiger partial charge in [0, 0.05) is 24.7 Å². The van der Waals surface area contributed by atoms with Gasteiger partial charge in [-0.1, -0.05) is 19.3 Å². The molecule has 1 aromatic heterocycles. The quantitative estimate of drug-likeness (QED) is 0.891. The van der Waals surface area contributed by atoms with Gasteiger partial charge in [-0.2, -0.15) is 0 Å². The number of nitrogens with one attached hydrogen (secondary N) is 1. The molecule has 0 radical (unpaired) electrons. The first-order chi connectivity index (χ1) is 10.2. The van der Waals surface area contributed by atoms with Gasteiger partial charge in [0.2, 0.25) is 0 Å². The van der Waals surface area contributed by atoms with Gasteiger partial charge in [0.05, 0.1) is 15.2 Å². The minimum Gasteiger partial charge on any atom is -0.384 e. The SMILES string of the molecule is CN(C)CCNc1ccc2nc(C3CCCCC3)sc2c1. The number of rotatable bonds is 5. The number of benzene rings is 1. The van der Waals surface area contributed by atoms with Crippen LogP contribution in [0.15, 0.2) is 18.2 Å². The molecule has 1 saturated carbocycles. The van der Waals surface area contributed by atoms with E-state index in [1.165, 1.54) is 53.0 Å². The largest absolute Gasteiger partial charge is 0.384 e. The molecule has 1 fully saturated rings. The van der Waals surface area contributed by atoms with Gasteiger partial charge >= 0.3 is 0 Å². The van der Waals surface area contributed by atoms with Crippen molar-refractivity contribution in [1.29, 1.82) is 0 Å². The van der Waals surface area contributed by atoms with Crippen molar-refractivity contribution in [3.63, 3.8) is 0 Å². The highest BCUT2D eigenvalue weighted by Crippen LogP contribution is 2.37. The molecule has 2 aromatic rings. The Labute approximate surface area is 131 Å². The number of likely N-dealkylation sites (N-methyl/N-ethyl adjacent to an activating group) is 1. The van der Waals surface area contributed by atoms with Crippen molar-refractivity contribution in [2.75, 3.05) is 32.5 Å². The summed E-state index contributed by atoms with van der Waals surface area (Å²) in [5.41, 5.74) is 2.38.